The molecule has 3 nitrogen and oxygen atoms in total. The van der Waals surface area contributed by atoms with E-state index in [1.807, 2.05) is 6.07 Å². The summed E-state index contributed by atoms with van der Waals surface area (Å²) in [6.07, 6.45) is 4.94. The van der Waals surface area contributed by atoms with Crippen LogP contribution in [0, 0.1) is 0 Å². The maximum Gasteiger partial charge on any atom is 0.131 e. The van der Waals surface area contributed by atoms with E-state index < -0.39 is 0 Å². The summed E-state index contributed by atoms with van der Waals surface area (Å²) in [7, 11) is 0. The van der Waals surface area contributed by atoms with Gasteiger partial charge >= 0.3 is 0 Å². The van der Waals surface area contributed by atoms with Crippen LogP contribution in [0.2, 0.25) is 5.15 Å². The molecular formula is C9H5BrClN3. The highest BCUT2D eigenvalue weighted by molar-refractivity contribution is 9.10. The van der Waals surface area contributed by atoms with Crippen molar-refractivity contribution < 1.29 is 0 Å². The first-order valence-corrected chi connectivity index (χ1v) is 5.02. The first-order chi connectivity index (χ1) is 6.75. The van der Waals surface area contributed by atoms with E-state index in [9.17, 15) is 0 Å². The molecule has 0 saturated carbocycles. The van der Waals surface area contributed by atoms with Gasteiger partial charge in [-0.3, -0.25) is 9.97 Å². The van der Waals surface area contributed by atoms with Gasteiger partial charge in [0.15, 0.2) is 0 Å². The molecule has 0 N–H and O–H groups in total. The zero-order valence-electron chi connectivity index (χ0n) is 6.98. The van der Waals surface area contributed by atoms with E-state index in [1.54, 1.807) is 24.7 Å². The number of nitrogens with zero attached hydrogens (tertiary/aromatic N) is 3. The zero-order chi connectivity index (χ0) is 9.97. The third-order valence-corrected chi connectivity index (χ3v) is 2.22. The normalized spacial score (nSPS) is 10.1. The van der Waals surface area contributed by atoms with E-state index in [1.165, 1.54) is 0 Å². The van der Waals surface area contributed by atoms with Crippen LogP contribution >= 0.6 is 27.5 Å². The van der Waals surface area contributed by atoms with Gasteiger partial charge in [-0.05, 0) is 28.1 Å². The van der Waals surface area contributed by atoms with Crippen molar-refractivity contribution in [1.82, 2.24) is 15.0 Å². The number of pyridine rings is 1. The Hall–Kier alpha value is -1.000. The van der Waals surface area contributed by atoms with Crippen molar-refractivity contribution in [3.63, 3.8) is 0 Å². The number of hydrogen-bond acceptors (Lipinski definition) is 3. The fraction of sp³-hybridized carbons (Fsp3) is 0. The van der Waals surface area contributed by atoms with Gasteiger partial charge in [0.05, 0.1) is 11.9 Å². The van der Waals surface area contributed by atoms with E-state index in [2.05, 4.69) is 30.9 Å². The van der Waals surface area contributed by atoms with Crippen molar-refractivity contribution in [3.8, 4) is 11.3 Å². The molecule has 14 heavy (non-hydrogen) atoms. The lowest BCUT2D eigenvalue weighted by atomic mass is 10.2. The van der Waals surface area contributed by atoms with E-state index in [0.29, 0.717) is 9.76 Å². The molecule has 0 radical (unpaired) electrons. The molecule has 0 aliphatic rings. The Morgan fingerprint density at radius 1 is 1.21 bits per heavy atom. The predicted octanol–water partition coefficient (Wildman–Crippen LogP) is 2.95. The van der Waals surface area contributed by atoms with Crippen LogP contribution in [0.5, 0.6) is 0 Å². The van der Waals surface area contributed by atoms with Crippen molar-refractivity contribution in [2.75, 3.05) is 0 Å². The number of halogens is 2. The first-order valence-electron chi connectivity index (χ1n) is 3.85. The molecule has 0 atom stereocenters. The maximum absolute atomic E-state index is 5.81. The second-order valence-corrected chi connectivity index (χ2v) is 3.79. The van der Waals surface area contributed by atoms with Crippen LogP contribution in [0.25, 0.3) is 11.3 Å². The summed E-state index contributed by atoms with van der Waals surface area (Å²) in [5, 5.41) is 0.431. The molecule has 2 aromatic rings. The van der Waals surface area contributed by atoms with Gasteiger partial charge in [0, 0.05) is 18.0 Å². The molecule has 0 aliphatic heterocycles. The molecule has 0 fully saturated rings. The third kappa shape index (κ3) is 2.08. The van der Waals surface area contributed by atoms with Crippen LogP contribution in [-0.4, -0.2) is 15.0 Å². The number of rotatable bonds is 1. The highest BCUT2D eigenvalue weighted by atomic mass is 79.9. The smallest absolute Gasteiger partial charge is 0.131 e. The molecule has 0 unspecified atom stereocenters. The van der Waals surface area contributed by atoms with E-state index in [-0.39, 0.29) is 0 Å². The van der Waals surface area contributed by atoms with Gasteiger partial charge in [0.1, 0.15) is 9.76 Å². The second kappa shape index (κ2) is 4.02. The maximum atomic E-state index is 5.81. The predicted molar refractivity (Wildman–Crippen MR) is 58.0 cm³/mol. The lowest BCUT2D eigenvalue weighted by Crippen LogP contribution is -1.86. The highest BCUT2D eigenvalue weighted by Crippen LogP contribution is 2.22. The van der Waals surface area contributed by atoms with Gasteiger partial charge < -0.3 is 0 Å². The van der Waals surface area contributed by atoms with Crippen molar-refractivity contribution in [2.24, 2.45) is 0 Å². The standard InChI is InChI=1S/C9H5BrClN3/c10-8-3-6(4-9(11)14-8)7-5-12-1-2-13-7/h1-5H. The number of aromatic nitrogens is 3. The minimum absolute atomic E-state index is 0.431. The van der Waals surface area contributed by atoms with Crippen LogP contribution < -0.4 is 0 Å². The van der Waals surface area contributed by atoms with Crippen molar-refractivity contribution in [2.45, 2.75) is 0 Å². The Labute approximate surface area is 94.3 Å². The van der Waals surface area contributed by atoms with Crippen molar-refractivity contribution in [3.05, 3.63) is 40.5 Å². The molecule has 0 amide bonds. The first kappa shape index (κ1) is 9.55. The minimum atomic E-state index is 0.431. The molecule has 0 spiro atoms. The SMILES string of the molecule is Clc1cc(-c2cnccn2)cc(Br)n1. The van der Waals surface area contributed by atoms with Gasteiger partial charge in [-0.1, -0.05) is 11.6 Å². The molecule has 5 heteroatoms. The Morgan fingerprint density at radius 2 is 2.07 bits per heavy atom. The van der Waals surface area contributed by atoms with E-state index >= 15 is 0 Å². The fourth-order valence-corrected chi connectivity index (χ4v) is 1.81. The molecule has 0 aromatic carbocycles. The van der Waals surface area contributed by atoms with Gasteiger partial charge in [-0.2, -0.15) is 0 Å². The van der Waals surface area contributed by atoms with Crippen LogP contribution in [-0.2, 0) is 0 Å². The fourth-order valence-electron chi connectivity index (χ4n) is 1.06. The monoisotopic (exact) mass is 269 g/mol. The summed E-state index contributed by atoms with van der Waals surface area (Å²) >= 11 is 9.08. The topological polar surface area (TPSA) is 38.7 Å². The Balaban J connectivity index is 2.52. The quantitative estimate of drug-likeness (QED) is 0.748. The van der Waals surface area contributed by atoms with Gasteiger partial charge in [-0.25, -0.2) is 4.98 Å². The van der Waals surface area contributed by atoms with Crippen LogP contribution in [0.4, 0.5) is 0 Å². The van der Waals surface area contributed by atoms with Crippen LogP contribution in [0.1, 0.15) is 0 Å². The van der Waals surface area contributed by atoms with Crippen molar-refractivity contribution >= 4 is 27.5 Å². The molecule has 0 bridgehead atoms. The van der Waals surface area contributed by atoms with E-state index in [4.69, 9.17) is 11.6 Å². The second-order valence-electron chi connectivity index (χ2n) is 2.59. The lowest BCUT2D eigenvalue weighted by molar-refractivity contribution is 1.19. The van der Waals surface area contributed by atoms with Crippen molar-refractivity contribution in [1.29, 1.82) is 0 Å². The molecule has 0 aliphatic carbocycles. The molecule has 2 rings (SSSR count). The van der Waals surface area contributed by atoms with Crippen LogP contribution in [0.3, 0.4) is 0 Å². The summed E-state index contributed by atoms with van der Waals surface area (Å²) in [5.74, 6) is 0. The summed E-state index contributed by atoms with van der Waals surface area (Å²) < 4.78 is 0.686. The largest absolute Gasteiger partial charge is 0.261 e. The minimum Gasteiger partial charge on any atom is -0.261 e. The lowest BCUT2D eigenvalue weighted by Gasteiger charge is -2.00. The zero-order valence-corrected chi connectivity index (χ0v) is 9.33. The molecule has 70 valence electrons. The summed E-state index contributed by atoms with van der Waals surface area (Å²) in [6.45, 7) is 0. The number of hydrogen-bond donors (Lipinski definition) is 0. The average molecular weight is 271 g/mol. The van der Waals surface area contributed by atoms with Gasteiger partial charge in [-0.15, -0.1) is 0 Å². The Kier molecular flexibility index (Phi) is 2.74. The summed E-state index contributed by atoms with van der Waals surface area (Å²) in [6, 6.07) is 3.59. The molecule has 0 saturated heterocycles. The van der Waals surface area contributed by atoms with Gasteiger partial charge in [0.25, 0.3) is 0 Å². The molecule has 2 aromatic heterocycles. The Morgan fingerprint density at radius 3 is 2.71 bits per heavy atom. The third-order valence-electron chi connectivity index (χ3n) is 1.62. The van der Waals surface area contributed by atoms with E-state index in [0.717, 1.165) is 11.3 Å². The summed E-state index contributed by atoms with van der Waals surface area (Å²) in [4.78, 5) is 12.1. The molecular weight excluding hydrogens is 265 g/mol. The van der Waals surface area contributed by atoms with Crippen LogP contribution in [0.15, 0.2) is 35.3 Å². The van der Waals surface area contributed by atoms with Gasteiger partial charge in [0.2, 0.25) is 0 Å². The highest BCUT2D eigenvalue weighted by Gasteiger charge is 2.02. The molecule has 2 heterocycles. The Bertz CT molecular complexity index is 427. The summed E-state index contributed by atoms with van der Waals surface area (Å²) in [5.41, 5.74) is 1.67. The average Bonchev–Trinajstić information content (AvgIpc) is 2.18.